The predicted molar refractivity (Wildman–Crippen MR) is 45.4 cm³/mol. The molecule has 60 valence electrons. The second-order valence-corrected chi connectivity index (χ2v) is 2.86. The number of nitrogens with one attached hydrogen (secondary N) is 1. The summed E-state index contributed by atoms with van der Waals surface area (Å²) < 4.78 is 0. The molecule has 0 aliphatic heterocycles. The number of aromatic nitrogens is 1. The molecule has 1 aromatic rings. The molecule has 0 aliphatic carbocycles. The predicted octanol–water partition coefficient (Wildman–Crippen LogP) is 1.07. The van der Waals surface area contributed by atoms with Gasteiger partial charge in [-0.3, -0.25) is 4.79 Å². The normalized spacial score (nSPS) is 9.55. The number of carbonyl (C=O) groups is 1. The molecule has 1 amide bonds. The van der Waals surface area contributed by atoms with Crippen LogP contribution in [0.25, 0.3) is 0 Å². The average Bonchev–Trinajstić information content (AvgIpc) is 2.35. The maximum atomic E-state index is 10.8. The van der Waals surface area contributed by atoms with Gasteiger partial charge in [0.2, 0.25) is 5.91 Å². The SMILES string of the molecule is CCC(=O)Nc1csc(N)n1. The molecule has 4 nitrogen and oxygen atoms in total. The lowest BCUT2D eigenvalue weighted by Crippen LogP contribution is -2.09. The third kappa shape index (κ3) is 2.19. The lowest BCUT2D eigenvalue weighted by atomic mass is 10.4. The third-order valence-electron chi connectivity index (χ3n) is 1.11. The molecule has 0 aromatic carbocycles. The first-order valence-electron chi connectivity index (χ1n) is 3.23. The van der Waals surface area contributed by atoms with Crippen molar-refractivity contribution in [3.8, 4) is 0 Å². The van der Waals surface area contributed by atoms with E-state index in [9.17, 15) is 4.79 Å². The molecule has 0 atom stereocenters. The highest BCUT2D eigenvalue weighted by Gasteiger charge is 2.01. The van der Waals surface area contributed by atoms with E-state index in [0.29, 0.717) is 17.4 Å². The van der Waals surface area contributed by atoms with Crippen LogP contribution in [0.2, 0.25) is 0 Å². The van der Waals surface area contributed by atoms with Gasteiger partial charge in [0.1, 0.15) is 5.82 Å². The van der Waals surface area contributed by atoms with E-state index in [1.807, 2.05) is 0 Å². The van der Waals surface area contributed by atoms with Gasteiger partial charge in [-0.25, -0.2) is 4.98 Å². The zero-order valence-corrected chi connectivity index (χ0v) is 6.94. The molecular formula is C6H9N3OS. The highest BCUT2D eigenvalue weighted by Crippen LogP contribution is 2.15. The highest BCUT2D eigenvalue weighted by atomic mass is 32.1. The fourth-order valence-electron chi connectivity index (χ4n) is 0.576. The summed E-state index contributed by atoms with van der Waals surface area (Å²) in [7, 11) is 0. The van der Waals surface area contributed by atoms with Crippen molar-refractivity contribution in [1.82, 2.24) is 4.98 Å². The first-order chi connectivity index (χ1) is 5.22. The fraction of sp³-hybridized carbons (Fsp3) is 0.333. The summed E-state index contributed by atoms with van der Waals surface area (Å²) in [5, 5.41) is 4.77. The molecule has 0 unspecified atom stereocenters. The maximum Gasteiger partial charge on any atom is 0.225 e. The van der Waals surface area contributed by atoms with Crippen molar-refractivity contribution in [2.24, 2.45) is 0 Å². The van der Waals surface area contributed by atoms with Crippen LogP contribution < -0.4 is 11.1 Å². The van der Waals surface area contributed by atoms with E-state index in [4.69, 9.17) is 5.73 Å². The standard InChI is InChI=1S/C6H9N3OS/c1-2-5(10)8-4-3-11-6(7)9-4/h3H,2H2,1H3,(H2,7,9)(H,8,10). The van der Waals surface area contributed by atoms with E-state index in [1.165, 1.54) is 11.3 Å². The maximum absolute atomic E-state index is 10.8. The van der Waals surface area contributed by atoms with Gasteiger partial charge in [-0.1, -0.05) is 6.92 Å². The van der Waals surface area contributed by atoms with Crippen molar-refractivity contribution in [3.05, 3.63) is 5.38 Å². The largest absolute Gasteiger partial charge is 0.375 e. The number of amides is 1. The number of nitrogen functional groups attached to an aromatic ring is 1. The van der Waals surface area contributed by atoms with Crippen molar-refractivity contribution >= 4 is 28.2 Å². The van der Waals surface area contributed by atoms with Crippen LogP contribution >= 0.6 is 11.3 Å². The lowest BCUT2D eigenvalue weighted by Gasteiger charge is -1.95. The van der Waals surface area contributed by atoms with E-state index < -0.39 is 0 Å². The van der Waals surface area contributed by atoms with E-state index >= 15 is 0 Å². The van der Waals surface area contributed by atoms with Gasteiger partial charge in [-0.2, -0.15) is 0 Å². The molecule has 0 saturated heterocycles. The van der Waals surface area contributed by atoms with Crippen molar-refractivity contribution in [3.63, 3.8) is 0 Å². The zero-order chi connectivity index (χ0) is 8.27. The second-order valence-electron chi connectivity index (χ2n) is 1.97. The molecule has 0 fully saturated rings. The van der Waals surface area contributed by atoms with Crippen molar-refractivity contribution in [1.29, 1.82) is 0 Å². The summed E-state index contributed by atoms with van der Waals surface area (Å²) in [6, 6.07) is 0. The van der Waals surface area contributed by atoms with E-state index in [0.717, 1.165) is 0 Å². The Hall–Kier alpha value is -1.10. The molecule has 5 heteroatoms. The van der Waals surface area contributed by atoms with Crippen molar-refractivity contribution in [2.45, 2.75) is 13.3 Å². The monoisotopic (exact) mass is 171 g/mol. The molecular weight excluding hydrogens is 162 g/mol. The number of hydrogen-bond donors (Lipinski definition) is 2. The molecule has 3 N–H and O–H groups in total. The van der Waals surface area contributed by atoms with E-state index in [2.05, 4.69) is 10.3 Å². The van der Waals surface area contributed by atoms with Gasteiger partial charge in [0.25, 0.3) is 0 Å². The van der Waals surface area contributed by atoms with Crippen molar-refractivity contribution in [2.75, 3.05) is 11.1 Å². The van der Waals surface area contributed by atoms with Gasteiger partial charge in [-0.15, -0.1) is 11.3 Å². The topological polar surface area (TPSA) is 68.0 Å². The Morgan fingerprint density at radius 1 is 1.91 bits per heavy atom. The molecule has 0 spiro atoms. The summed E-state index contributed by atoms with van der Waals surface area (Å²) in [5.41, 5.74) is 5.35. The Kier molecular flexibility index (Phi) is 2.43. The number of thiazole rings is 1. The van der Waals surface area contributed by atoms with Crippen LogP contribution in [0.15, 0.2) is 5.38 Å². The Balaban J connectivity index is 2.57. The Morgan fingerprint density at radius 2 is 2.64 bits per heavy atom. The lowest BCUT2D eigenvalue weighted by molar-refractivity contribution is -0.115. The fourth-order valence-corrected chi connectivity index (χ4v) is 1.07. The number of nitrogens with two attached hydrogens (primary N) is 1. The molecule has 0 bridgehead atoms. The molecule has 1 aromatic heterocycles. The molecule has 11 heavy (non-hydrogen) atoms. The average molecular weight is 171 g/mol. The summed E-state index contributed by atoms with van der Waals surface area (Å²) in [6.45, 7) is 1.78. The van der Waals surface area contributed by atoms with Gasteiger partial charge < -0.3 is 11.1 Å². The van der Waals surface area contributed by atoms with Gasteiger partial charge >= 0.3 is 0 Å². The van der Waals surface area contributed by atoms with Crippen LogP contribution in [0, 0.1) is 0 Å². The summed E-state index contributed by atoms with van der Waals surface area (Å²) in [4.78, 5) is 14.7. The zero-order valence-electron chi connectivity index (χ0n) is 6.13. The van der Waals surface area contributed by atoms with Gasteiger partial charge in [0.15, 0.2) is 5.13 Å². The van der Waals surface area contributed by atoms with Gasteiger partial charge in [0, 0.05) is 11.8 Å². The number of anilines is 2. The number of hydrogen-bond acceptors (Lipinski definition) is 4. The van der Waals surface area contributed by atoms with Crippen LogP contribution in [0.4, 0.5) is 10.9 Å². The summed E-state index contributed by atoms with van der Waals surface area (Å²) in [6.07, 6.45) is 0.456. The minimum Gasteiger partial charge on any atom is -0.375 e. The molecule has 1 rings (SSSR count). The Labute approximate surface area is 68.4 Å². The first-order valence-corrected chi connectivity index (χ1v) is 4.11. The van der Waals surface area contributed by atoms with Crippen molar-refractivity contribution < 1.29 is 4.79 Å². The van der Waals surface area contributed by atoms with Crippen LogP contribution in [0.5, 0.6) is 0 Å². The van der Waals surface area contributed by atoms with Gasteiger partial charge in [-0.05, 0) is 0 Å². The number of rotatable bonds is 2. The van der Waals surface area contributed by atoms with E-state index in [1.54, 1.807) is 12.3 Å². The molecule has 1 heterocycles. The van der Waals surface area contributed by atoms with Gasteiger partial charge in [0.05, 0.1) is 0 Å². The second kappa shape index (κ2) is 3.34. The molecule has 0 saturated carbocycles. The minimum atomic E-state index is -0.0460. The third-order valence-corrected chi connectivity index (χ3v) is 1.78. The summed E-state index contributed by atoms with van der Waals surface area (Å²) >= 11 is 1.31. The Morgan fingerprint density at radius 3 is 3.09 bits per heavy atom. The highest BCUT2D eigenvalue weighted by molar-refractivity contribution is 7.13. The van der Waals surface area contributed by atoms with Crippen LogP contribution in [0.3, 0.4) is 0 Å². The van der Waals surface area contributed by atoms with Crippen LogP contribution in [-0.2, 0) is 4.79 Å². The molecule has 0 aliphatic rings. The number of nitrogens with zero attached hydrogens (tertiary/aromatic N) is 1. The number of carbonyl (C=O) groups excluding carboxylic acids is 1. The van der Waals surface area contributed by atoms with E-state index in [-0.39, 0.29) is 5.91 Å². The van der Waals surface area contributed by atoms with Crippen LogP contribution in [0.1, 0.15) is 13.3 Å². The quantitative estimate of drug-likeness (QED) is 0.699. The molecule has 0 radical (unpaired) electrons. The smallest absolute Gasteiger partial charge is 0.225 e. The first kappa shape index (κ1) is 8.00. The summed E-state index contributed by atoms with van der Waals surface area (Å²) in [5.74, 6) is 0.495. The van der Waals surface area contributed by atoms with Crippen LogP contribution in [-0.4, -0.2) is 10.9 Å². The minimum absolute atomic E-state index is 0.0460. The Bertz CT molecular complexity index is 258.